The number of aryl methyl sites for hydroxylation is 1. The third kappa shape index (κ3) is 3.17. The minimum Gasteiger partial charge on any atom is -0.387 e. The lowest BCUT2D eigenvalue weighted by Gasteiger charge is -2.11. The molecule has 0 aliphatic carbocycles. The molecule has 108 valence electrons. The van der Waals surface area contributed by atoms with Gasteiger partial charge in [0.1, 0.15) is 0 Å². The van der Waals surface area contributed by atoms with Crippen molar-refractivity contribution in [1.29, 1.82) is 0 Å². The fourth-order valence-electron chi connectivity index (χ4n) is 2.20. The topological polar surface area (TPSA) is 60.9 Å². The molecule has 0 spiro atoms. The summed E-state index contributed by atoms with van der Waals surface area (Å²) in [6, 6.07) is 13.2. The molecule has 0 aliphatic rings. The van der Waals surface area contributed by atoms with Gasteiger partial charge in [0.05, 0.1) is 17.1 Å². The van der Waals surface area contributed by atoms with E-state index in [1.807, 2.05) is 37.3 Å². The molecule has 0 fully saturated rings. The maximum atomic E-state index is 10.1. The van der Waals surface area contributed by atoms with Gasteiger partial charge in [0, 0.05) is 11.6 Å². The predicted molar refractivity (Wildman–Crippen MR) is 85.7 cm³/mol. The molecule has 0 aliphatic heterocycles. The largest absolute Gasteiger partial charge is 0.387 e. The molecule has 3 rings (SSSR count). The molecule has 3 aromatic rings. The number of nitrogens with zero attached hydrogens (tertiary/aromatic N) is 1. The van der Waals surface area contributed by atoms with Crippen LogP contribution in [0.5, 0.6) is 0 Å². The van der Waals surface area contributed by atoms with Gasteiger partial charge in [-0.1, -0.05) is 29.8 Å². The highest BCUT2D eigenvalue weighted by Gasteiger charge is 2.09. The van der Waals surface area contributed by atoms with Crippen LogP contribution in [0.3, 0.4) is 0 Å². The number of halogens is 1. The smallest absolute Gasteiger partial charge is 0.201 e. The molecule has 4 nitrogen and oxygen atoms in total. The van der Waals surface area contributed by atoms with Crippen molar-refractivity contribution >= 4 is 28.6 Å². The number of rotatable bonds is 4. The van der Waals surface area contributed by atoms with Gasteiger partial charge in [-0.05, 0) is 42.3 Å². The van der Waals surface area contributed by atoms with Crippen LogP contribution in [0.15, 0.2) is 42.5 Å². The molecule has 0 saturated heterocycles. The van der Waals surface area contributed by atoms with Crippen LogP contribution in [0.2, 0.25) is 5.02 Å². The van der Waals surface area contributed by atoms with Gasteiger partial charge in [0.15, 0.2) is 0 Å². The van der Waals surface area contributed by atoms with Crippen LogP contribution in [0.25, 0.3) is 11.0 Å². The maximum Gasteiger partial charge on any atom is 0.201 e. The Morgan fingerprint density at radius 3 is 2.76 bits per heavy atom. The van der Waals surface area contributed by atoms with E-state index in [1.165, 1.54) is 5.56 Å². The van der Waals surface area contributed by atoms with E-state index in [1.54, 1.807) is 12.1 Å². The van der Waals surface area contributed by atoms with E-state index in [-0.39, 0.29) is 0 Å². The number of fused-ring (bicyclic) bond motifs is 1. The third-order valence-corrected chi connectivity index (χ3v) is 3.61. The second-order valence-electron chi connectivity index (χ2n) is 5.05. The molecule has 5 heteroatoms. The highest BCUT2D eigenvalue weighted by atomic mass is 35.5. The number of H-pyrrole nitrogens is 1. The Hall–Kier alpha value is -2.04. The van der Waals surface area contributed by atoms with Gasteiger partial charge in [-0.15, -0.1) is 0 Å². The molecule has 0 amide bonds. The van der Waals surface area contributed by atoms with Gasteiger partial charge in [0.2, 0.25) is 5.95 Å². The van der Waals surface area contributed by atoms with E-state index in [0.29, 0.717) is 17.5 Å². The van der Waals surface area contributed by atoms with Gasteiger partial charge < -0.3 is 15.4 Å². The van der Waals surface area contributed by atoms with Crippen molar-refractivity contribution in [2.45, 2.75) is 13.0 Å². The van der Waals surface area contributed by atoms with Gasteiger partial charge in [-0.3, -0.25) is 0 Å². The Morgan fingerprint density at radius 1 is 1.24 bits per heavy atom. The molecule has 1 unspecified atom stereocenters. The van der Waals surface area contributed by atoms with Crippen LogP contribution in [0.1, 0.15) is 17.2 Å². The Balaban J connectivity index is 1.69. The molecule has 0 bridgehead atoms. The van der Waals surface area contributed by atoms with Crippen molar-refractivity contribution < 1.29 is 5.11 Å². The fraction of sp³-hybridized carbons (Fsp3) is 0.188. The summed E-state index contributed by atoms with van der Waals surface area (Å²) < 4.78 is 0. The summed E-state index contributed by atoms with van der Waals surface area (Å²) in [7, 11) is 0. The minimum atomic E-state index is -0.614. The number of hydrogen-bond acceptors (Lipinski definition) is 3. The summed E-state index contributed by atoms with van der Waals surface area (Å²) in [4.78, 5) is 7.63. The molecule has 2 aromatic carbocycles. The first kappa shape index (κ1) is 13.9. The summed E-state index contributed by atoms with van der Waals surface area (Å²) in [5.74, 6) is 0.656. The number of aromatic amines is 1. The van der Waals surface area contributed by atoms with Crippen LogP contribution in [-0.2, 0) is 0 Å². The van der Waals surface area contributed by atoms with E-state index < -0.39 is 6.10 Å². The number of aliphatic hydroxyl groups is 1. The van der Waals surface area contributed by atoms with Gasteiger partial charge in [-0.25, -0.2) is 4.98 Å². The summed E-state index contributed by atoms with van der Waals surface area (Å²) in [6.07, 6.45) is -0.614. The first-order valence-corrected chi connectivity index (χ1v) is 7.13. The van der Waals surface area contributed by atoms with Crippen molar-refractivity contribution in [1.82, 2.24) is 9.97 Å². The van der Waals surface area contributed by atoms with E-state index in [9.17, 15) is 5.11 Å². The lowest BCUT2D eigenvalue weighted by molar-refractivity contribution is 0.191. The number of benzene rings is 2. The molecule has 1 atom stereocenters. The average molecular weight is 302 g/mol. The normalized spacial score (nSPS) is 12.5. The number of aliphatic hydroxyl groups excluding tert-OH is 1. The molecule has 1 heterocycles. The van der Waals surface area contributed by atoms with Gasteiger partial charge in [0.25, 0.3) is 0 Å². The van der Waals surface area contributed by atoms with Gasteiger partial charge in [-0.2, -0.15) is 0 Å². The fourth-order valence-corrected chi connectivity index (χ4v) is 2.33. The van der Waals surface area contributed by atoms with E-state index in [4.69, 9.17) is 11.6 Å². The Morgan fingerprint density at radius 2 is 2.00 bits per heavy atom. The SMILES string of the molecule is Cc1ccc2nc(NCC(O)c3ccc(Cl)cc3)[nH]c2c1. The standard InChI is InChI=1S/C16H16ClN3O/c1-10-2-7-13-14(8-10)20-16(19-13)18-9-15(21)11-3-5-12(17)6-4-11/h2-8,15,21H,9H2,1H3,(H2,18,19,20). The molecule has 0 saturated carbocycles. The molecule has 1 aromatic heterocycles. The number of hydrogen-bond donors (Lipinski definition) is 3. The van der Waals surface area contributed by atoms with Crippen molar-refractivity contribution in [2.75, 3.05) is 11.9 Å². The summed E-state index contributed by atoms with van der Waals surface area (Å²) in [5.41, 5.74) is 3.89. The molecular formula is C16H16ClN3O. The Kier molecular flexibility index (Phi) is 3.82. The average Bonchev–Trinajstić information content (AvgIpc) is 2.87. The first-order valence-electron chi connectivity index (χ1n) is 6.75. The van der Waals surface area contributed by atoms with Crippen molar-refractivity contribution in [3.63, 3.8) is 0 Å². The van der Waals surface area contributed by atoms with Gasteiger partial charge >= 0.3 is 0 Å². The first-order chi connectivity index (χ1) is 10.1. The Bertz CT molecular complexity index is 752. The molecular weight excluding hydrogens is 286 g/mol. The number of nitrogens with one attached hydrogen (secondary N) is 2. The summed E-state index contributed by atoms with van der Waals surface area (Å²) >= 11 is 5.83. The van der Waals surface area contributed by atoms with Crippen LogP contribution < -0.4 is 5.32 Å². The lowest BCUT2D eigenvalue weighted by atomic mass is 10.1. The highest BCUT2D eigenvalue weighted by molar-refractivity contribution is 6.30. The van der Waals surface area contributed by atoms with Crippen LogP contribution >= 0.6 is 11.6 Å². The second kappa shape index (κ2) is 5.76. The molecule has 0 radical (unpaired) electrons. The van der Waals surface area contributed by atoms with E-state index in [2.05, 4.69) is 15.3 Å². The summed E-state index contributed by atoms with van der Waals surface area (Å²) in [5, 5.41) is 13.9. The lowest BCUT2D eigenvalue weighted by Crippen LogP contribution is -2.12. The minimum absolute atomic E-state index is 0.375. The maximum absolute atomic E-state index is 10.1. The zero-order chi connectivity index (χ0) is 14.8. The second-order valence-corrected chi connectivity index (χ2v) is 5.49. The Labute approximate surface area is 127 Å². The van der Waals surface area contributed by atoms with E-state index in [0.717, 1.165) is 16.6 Å². The van der Waals surface area contributed by atoms with Crippen molar-refractivity contribution in [3.05, 3.63) is 58.6 Å². The summed E-state index contributed by atoms with van der Waals surface area (Å²) in [6.45, 7) is 2.41. The number of imidazole rings is 1. The zero-order valence-electron chi connectivity index (χ0n) is 11.6. The third-order valence-electron chi connectivity index (χ3n) is 3.36. The quantitative estimate of drug-likeness (QED) is 0.689. The zero-order valence-corrected chi connectivity index (χ0v) is 12.4. The monoisotopic (exact) mass is 301 g/mol. The molecule has 21 heavy (non-hydrogen) atoms. The van der Waals surface area contributed by atoms with Crippen molar-refractivity contribution in [2.24, 2.45) is 0 Å². The predicted octanol–water partition coefficient (Wildman–Crippen LogP) is 3.67. The number of aromatic nitrogens is 2. The van der Waals surface area contributed by atoms with Crippen molar-refractivity contribution in [3.8, 4) is 0 Å². The molecule has 3 N–H and O–H groups in total. The van der Waals surface area contributed by atoms with E-state index >= 15 is 0 Å². The highest BCUT2D eigenvalue weighted by Crippen LogP contribution is 2.19. The number of anilines is 1. The van der Waals surface area contributed by atoms with Crippen LogP contribution in [-0.4, -0.2) is 21.6 Å². The van der Waals surface area contributed by atoms with Crippen LogP contribution in [0.4, 0.5) is 5.95 Å². The van der Waals surface area contributed by atoms with Crippen LogP contribution in [0, 0.1) is 6.92 Å².